The van der Waals surface area contributed by atoms with E-state index in [1.54, 1.807) is 41.9 Å². The number of likely N-dealkylation sites (N-methyl/N-ethyl adjacent to an activating group) is 1. The van der Waals surface area contributed by atoms with Gasteiger partial charge in [0.05, 0.1) is 53.7 Å². The highest BCUT2D eigenvalue weighted by atomic mass is 33.1. The molecule has 0 amide bonds. The minimum Gasteiger partial charge on any atom is -0.458 e. The molecular weight excluding hydrogens is 791 g/mol. The van der Waals surface area contributed by atoms with Crippen molar-refractivity contribution in [2.24, 2.45) is 29.6 Å². The van der Waals surface area contributed by atoms with Gasteiger partial charge in [-0.25, -0.2) is 0 Å². The van der Waals surface area contributed by atoms with E-state index in [1.807, 2.05) is 66.8 Å². The van der Waals surface area contributed by atoms with Crippen LogP contribution in [0.25, 0.3) is 0 Å². The Kier molecular flexibility index (Phi) is 17.1. The second kappa shape index (κ2) is 20.0. The SMILES string of the molecule is CC[C@H]1OC(=O)[C@H](C)[C@@H](O[C@H]2C[C@@](C)(OC)[C@@H](O)[C@H](C)O2)[C@H](C)[C@@H](O[C@@H]2O[C@H](C)C[C@@H](OC)[C@@H]2N(C)C)[C@](C)(OC)C[C@@H](C)C(=O)[C@H](C)[C@H]2C(SSC)C(=O)O[C@@]21C. The maximum absolute atomic E-state index is 14.8. The minimum atomic E-state index is -1.29. The monoisotopic (exact) mass is 863 g/mol. The van der Waals surface area contributed by atoms with Gasteiger partial charge in [0.2, 0.25) is 0 Å². The molecule has 0 saturated carbocycles. The topological polar surface area (TPSA) is 158 Å². The molecule has 16 heteroatoms. The molecule has 1 N–H and O–H groups in total. The molecule has 58 heavy (non-hydrogen) atoms. The fourth-order valence-electron chi connectivity index (χ4n) is 10.2. The first kappa shape index (κ1) is 49.6. The molecule has 0 aromatic rings. The summed E-state index contributed by atoms with van der Waals surface area (Å²) in [5, 5.41) is 10.4. The summed E-state index contributed by atoms with van der Waals surface area (Å²) < 4.78 is 57.9. The number of rotatable bonds is 11. The van der Waals surface area contributed by atoms with Gasteiger partial charge in [-0.1, -0.05) is 49.3 Å². The van der Waals surface area contributed by atoms with Gasteiger partial charge < -0.3 is 47.7 Å². The van der Waals surface area contributed by atoms with E-state index in [9.17, 15) is 19.5 Å². The second-order valence-corrected chi connectivity index (χ2v) is 20.6. The van der Waals surface area contributed by atoms with E-state index < -0.39 is 107 Å². The van der Waals surface area contributed by atoms with Gasteiger partial charge in [0.15, 0.2) is 18.2 Å². The lowest BCUT2D eigenvalue weighted by molar-refractivity contribution is -0.316. The van der Waals surface area contributed by atoms with Crippen LogP contribution in [0.15, 0.2) is 0 Å². The second-order valence-electron chi connectivity index (χ2n) is 18.0. The fourth-order valence-corrected chi connectivity index (χ4v) is 12.4. The third kappa shape index (κ3) is 9.92. The Morgan fingerprint density at radius 1 is 0.879 bits per heavy atom. The Bertz CT molecular complexity index is 1410. The first-order chi connectivity index (χ1) is 27.1. The first-order valence-corrected chi connectivity index (χ1v) is 23.5. The first-order valence-electron chi connectivity index (χ1n) is 20.8. The van der Waals surface area contributed by atoms with E-state index in [-0.39, 0.29) is 36.9 Å². The van der Waals surface area contributed by atoms with Crippen molar-refractivity contribution < 1.29 is 62.1 Å². The number of nitrogens with zero attached hydrogens (tertiary/aromatic N) is 1. The number of esters is 2. The highest BCUT2D eigenvalue weighted by molar-refractivity contribution is 8.76. The number of cyclic esters (lactones) is 1. The molecule has 0 aliphatic carbocycles. The molecule has 4 heterocycles. The van der Waals surface area contributed by atoms with Gasteiger partial charge >= 0.3 is 11.9 Å². The van der Waals surface area contributed by atoms with E-state index in [4.69, 9.17) is 42.6 Å². The van der Waals surface area contributed by atoms with Crippen LogP contribution in [-0.4, -0.2) is 153 Å². The predicted molar refractivity (Wildman–Crippen MR) is 222 cm³/mol. The summed E-state index contributed by atoms with van der Waals surface area (Å²) in [7, 11) is 11.5. The van der Waals surface area contributed by atoms with Gasteiger partial charge in [-0.15, -0.1) is 0 Å². The Labute approximate surface area is 354 Å². The third-order valence-electron chi connectivity index (χ3n) is 13.7. The van der Waals surface area contributed by atoms with Gasteiger partial charge in [-0.2, -0.15) is 0 Å². The van der Waals surface area contributed by atoms with Gasteiger partial charge in [-0.3, -0.25) is 19.3 Å². The molecule has 4 rings (SSSR count). The van der Waals surface area contributed by atoms with Crippen molar-refractivity contribution in [2.45, 2.75) is 178 Å². The predicted octanol–water partition coefficient (Wildman–Crippen LogP) is 5.29. The minimum absolute atomic E-state index is 0.0644. The lowest BCUT2D eigenvalue weighted by atomic mass is 9.70. The molecule has 0 aromatic heterocycles. The number of aliphatic hydroxyl groups excluding tert-OH is 1. The van der Waals surface area contributed by atoms with E-state index in [0.29, 0.717) is 12.8 Å². The summed E-state index contributed by atoms with van der Waals surface area (Å²) in [6.45, 7) is 18.6. The zero-order valence-corrected chi connectivity index (χ0v) is 39.3. The van der Waals surface area contributed by atoms with Crippen LogP contribution in [0.1, 0.15) is 94.9 Å². The molecule has 14 nitrogen and oxygen atoms in total. The van der Waals surface area contributed by atoms with E-state index in [0.717, 1.165) is 0 Å². The Hall–Kier alpha value is -1.05. The standard InChI is InChI=1S/C42H73NO13S2/c1-17-28-42(10)30(34(58-57-16)38(47)56-42)23(4)32(44)21(2)19-41(9,50-15)36(55-39-31(43(11)12)27(48-13)18-22(3)51-39)24(5)33(25(6)37(46)53-28)54-29-20-40(8,49-14)35(45)26(7)52-29/h21-31,33-36,39,45H,17-20H2,1-16H3/t21-,22-,23-,24+,25-,26+,27-,28-,29+,30+,31+,33+,34?,35+,36-,39+,40-,41-,42-/m1/s1. The van der Waals surface area contributed by atoms with Crippen molar-refractivity contribution >= 4 is 39.3 Å². The Balaban J connectivity index is 1.92. The van der Waals surface area contributed by atoms with Crippen molar-refractivity contribution in [3.63, 3.8) is 0 Å². The van der Waals surface area contributed by atoms with Crippen LogP contribution in [-0.2, 0) is 57.0 Å². The fraction of sp³-hybridized carbons (Fsp3) is 0.929. The summed E-state index contributed by atoms with van der Waals surface area (Å²) >= 11 is 0. The Morgan fingerprint density at radius 2 is 1.52 bits per heavy atom. The van der Waals surface area contributed by atoms with Crippen LogP contribution < -0.4 is 0 Å². The zero-order valence-electron chi connectivity index (χ0n) is 37.7. The molecule has 336 valence electrons. The molecule has 4 aliphatic heterocycles. The third-order valence-corrected chi connectivity index (χ3v) is 15.8. The molecule has 19 atom stereocenters. The molecule has 4 saturated heterocycles. The number of Topliss-reactive ketones (excluding diaryl/α,β-unsaturated/α-hetero) is 1. The summed E-state index contributed by atoms with van der Waals surface area (Å²) in [5.74, 6) is -4.43. The summed E-state index contributed by atoms with van der Waals surface area (Å²) in [4.78, 5) is 45.2. The number of ketones is 1. The molecule has 1 unspecified atom stereocenters. The van der Waals surface area contributed by atoms with Crippen molar-refractivity contribution in [3.05, 3.63) is 0 Å². The number of fused-ring (bicyclic) bond motifs is 1. The largest absolute Gasteiger partial charge is 0.458 e. The van der Waals surface area contributed by atoms with E-state index in [1.165, 1.54) is 28.7 Å². The van der Waals surface area contributed by atoms with Crippen LogP contribution in [0.4, 0.5) is 0 Å². The average Bonchev–Trinajstić information content (AvgIpc) is 3.43. The lowest BCUT2D eigenvalue weighted by Crippen LogP contribution is -2.62. The maximum atomic E-state index is 14.8. The van der Waals surface area contributed by atoms with Crippen LogP contribution in [0, 0.1) is 29.6 Å². The zero-order chi connectivity index (χ0) is 43.7. The maximum Gasteiger partial charge on any atom is 0.321 e. The van der Waals surface area contributed by atoms with Gasteiger partial charge in [-0.05, 0) is 74.7 Å². The Morgan fingerprint density at radius 3 is 2.07 bits per heavy atom. The van der Waals surface area contributed by atoms with Crippen LogP contribution in [0.5, 0.6) is 0 Å². The molecule has 4 fully saturated rings. The molecule has 0 radical (unpaired) electrons. The summed E-state index contributed by atoms with van der Waals surface area (Å²) in [5.41, 5.74) is -3.46. The number of aliphatic hydroxyl groups is 1. The smallest absolute Gasteiger partial charge is 0.321 e. The van der Waals surface area contributed by atoms with Crippen LogP contribution >= 0.6 is 21.6 Å². The van der Waals surface area contributed by atoms with Gasteiger partial charge in [0, 0.05) is 57.8 Å². The highest BCUT2D eigenvalue weighted by Gasteiger charge is 2.62. The van der Waals surface area contributed by atoms with Crippen molar-refractivity contribution in [2.75, 3.05) is 41.7 Å². The molecule has 0 aromatic carbocycles. The number of hydrogen-bond donors (Lipinski definition) is 1. The summed E-state index contributed by atoms with van der Waals surface area (Å²) in [6.07, 6.45) is -3.07. The van der Waals surface area contributed by atoms with Crippen molar-refractivity contribution in [1.29, 1.82) is 0 Å². The van der Waals surface area contributed by atoms with Crippen molar-refractivity contribution in [1.82, 2.24) is 4.90 Å². The van der Waals surface area contributed by atoms with Gasteiger partial charge in [0.25, 0.3) is 0 Å². The number of methoxy groups -OCH3 is 3. The molecule has 0 bridgehead atoms. The van der Waals surface area contributed by atoms with Gasteiger partial charge in [0.1, 0.15) is 23.2 Å². The van der Waals surface area contributed by atoms with Crippen LogP contribution in [0.3, 0.4) is 0 Å². The normalized spacial score (nSPS) is 47.3. The lowest BCUT2D eigenvalue weighted by Gasteiger charge is -2.50. The highest BCUT2D eigenvalue weighted by Crippen LogP contribution is 2.51. The number of carbonyl (C=O) groups is 3. The quantitative estimate of drug-likeness (QED) is 0.211. The molecular formula is C42H73NO13S2. The molecule has 4 aliphatic rings. The number of carbonyl (C=O) groups excluding carboxylic acids is 3. The number of hydrogen-bond acceptors (Lipinski definition) is 16. The van der Waals surface area contributed by atoms with E-state index >= 15 is 0 Å². The summed E-state index contributed by atoms with van der Waals surface area (Å²) in [6, 6.07) is -0.316. The number of ether oxygens (including phenoxy) is 9. The molecule has 0 spiro atoms. The van der Waals surface area contributed by atoms with E-state index in [2.05, 4.69) is 0 Å². The van der Waals surface area contributed by atoms with Crippen LogP contribution in [0.2, 0.25) is 0 Å². The average molecular weight is 864 g/mol. The van der Waals surface area contributed by atoms with Crippen molar-refractivity contribution in [3.8, 4) is 0 Å².